The molecule has 146 valence electrons. The van der Waals surface area contributed by atoms with E-state index in [0.717, 1.165) is 5.56 Å². The van der Waals surface area contributed by atoms with E-state index < -0.39 is 29.3 Å². The molecule has 4 rings (SSSR count). The lowest BCUT2D eigenvalue weighted by Crippen LogP contribution is -2.30. The molecule has 0 saturated heterocycles. The molecule has 1 unspecified atom stereocenters. The van der Waals surface area contributed by atoms with Gasteiger partial charge in [-0.05, 0) is 48.4 Å². The van der Waals surface area contributed by atoms with Crippen molar-refractivity contribution in [1.82, 2.24) is 9.88 Å². The first-order chi connectivity index (χ1) is 14.0. The Hall–Kier alpha value is -3.74. The zero-order valence-electron chi connectivity index (χ0n) is 15.5. The predicted molar refractivity (Wildman–Crippen MR) is 101 cm³/mol. The molecule has 0 radical (unpaired) electrons. The van der Waals surface area contributed by atoms with Crippen LogP contribution in [0.15, 0.2) is 76.7 Å². The van der Waals surface area contributed by atoms with Crippen LogP contribution in [-0.4, -0.2) is 26.7 Å². The van der Waals surface area contributed by atoms with E-state index in [-0.39, 0.29) is 17.9 Å². The third kappa shape index (κ3) is 3.42. The molecule has 0 saturated carbocycles. The highest BCUT2D eigenvalue weighted by Crippen LogP contribution is 2.40. The highest BCUT2D eigenvalue weighted by atomic mass is 19.1. The van der Waals surface area contributed by atoms with Crippen LogP contribution in [-0.2, 0) is 11.3 Å². The molecule has 1 N–H and O–H groups in total. The summed E-state index contributed by atoms with van der Waals surface area (Å²) in [6.45, 7) is 1.81. The molecule has 3 heterocycles. The monoisotopic (exact) mass is 392 g/mol. The molecule has 0 spiro atoms. The SMILES string of the molecule is Cc1ccc(C(=O)C2=C(O)C(=O)N(Cc3cccnc3)C2c2ccc(F)cc2)o1. The Morgan fingerprint density at radius 1 is 1.21 bits per heavy atom. The lowest BCUT2D eigenvalue weighted by Gasteiger charge is -2.26. The number of carbonyl (C=O) groups is 2. The van der Waals surface area contributed by atoms with Crippen molar-refractivity contribution in [3.8, 4) is 0 Å². The van der Waals surface area contributed by atoms with Crippen LogP contribution in [0, 0.1) is 12.7 Å². The number of rotatable bonds is 5. The van der Waals surface area contributed by atoms with Gasteiger partial charge in [0.2, 0.25) is 5.78 Å². The minimum atomic E-state index is -0.888. The molecular formula is C22H17FN2O4. The van der Waals surface area contributed by atoms with Crippen molar-refractivity contribution < 1.29 is 23.5 Å². The number of carbonyl (C=O) groups excluding carboxylic acids is 2. The van der Waals surface area contributed by atoms with Crippen LogP contribution in [0.5, 0.6) is 0 Å². The van der Waals surface area contributed by atoms with Crippen LogP contribution in [0.1, 0.15) is 33.5 Å². The standard InChI is InChI=1S/C22H17FN2O4/c1-13-4-9-17(29-13)20(26)18-19(15-5-7-16(23)8-6-15)25(22(28)21(18)27)12-14-3-2-10-24-11-14/h2-11,19,27H,12H2,1H3. The number of halogens is 1. The van der Waals surface area contributed by atoms with Crippen molar-refractivity contribution in [2.75, 3.05) is 0 Å². The third-order valence-electron chi connectivity index (χ3n) is 4.77. The second kappa shape index (κ2) is 7.35. The number of Topliss-reactive ketones (excluding diaryl/α,β-unsaturated/α-hetero) is 1. The van der Waals surface area contributed by atoms with Crippen LogP contribution in [0.2, 0.25) is 0 Å². The smallest absolute Gasteiger partial charge is 0.290 e. The Kier molecular flexibility index (Phi) is 4.72. The summed E-state index contributed by atoms with van der Waals surface area (Å²) in [6, 6.07) is 11.2. The Labute approximate surface area is 165 Å². The molecule has 0 fully saturated rings. The quantitative estimate of drug-likeness (QED) is 0.666. The largest absolute Gasteiger partial charge is 0.503 e. The van der Waals surface area contributed by atoms with Crippen molar-refractivity contribution in [1.29, 1.82) is 0 Å². The minimum Gasteiger partial charge on any atom is -0.503 e. The van der Waals surface area contributed by atoms with Crippen molar-refractivity contribution >= 4 is 11.7 Å². The van der Waals surface area contributed by atoms with Gasteiger partial charge in [0.25, 0.3) is 5.91 Å². The molecule has 7 heteroatoms. The maximum Gasteiger partial charge on any atom is 0.290 e. The van der Waals surface area contributed by atoms with Crippen molar-refractivity contribution in [3.05, 3.63) is 101 Å². The van der Waals surface area contributed by atoms with E-state index in [1.165, 1.54) is 35.2 Å². The zero-order chi connectivity index (χ0) is 20.5. The lowest BCUT2D eigenvalue weighted by atomic mass is 9.95. The number of pyridine rings is 1. The fourth-order valence-corrected chi connectivity index (χ4v) is 3.42. The molecular weight excluding hydrogens is 375 g/mol. The lowest BCUT2D eigenvalue weighted by molar-refractivity contribution is -0.130. The van der Waals surface area contributed by atoms with Crippen molar-refractivity contribution in [3.63, 3.8) is 0 Å². The number of hydrogen-bond donors (Lipinski definition) is 1. The van der Waals surface area contributed by atoms with Crippen LogP contribution >= 0.6 is 0 Å². The average molecular weight is 392 g/mol. The number of ketones is 1. The van der Waals surface area contributed by atoms with Crippen LogP contribution in [0.25, 0.3) is 0 Å². The van der Waals surface area contributed by atoms with E-state index in [9.17, 15) is 19.1 Å². The van der Waals surface area contributed by atoms with Gasteiger partial charge < -0.3 is 14.4 Å². The van der Waals surface area contributed by atoms with E-state index in [4.69, 9.17) is 4.42 Å². The first-order valence-corrected chi connectivity index (χ1v) is 8.95. The molecule has 1 aliphatic rings. The third-order valence-corrected chi connectivity index (χ3v) is 4.77. The van der Waals surface area contributed by atoms with Gasteiger partial charge in [0.1, 0.15) is 11.6 Å². The van der Waals surface area contributed by atoms with Crippen molar-refractivity contribution in [2.45, 2.75) is 19.5 Å². The second-order valence-electron chi connectivity index (χ2n) is 6.75. The Morgan fingerprint density at radius 3 is 2.59 bits per heavy atom. The summed E-state index contributed by atoms with van der Waals surface area (Å²) in [5.41, 5.74) is 1.13. The number of amides is 1. The maximum atomic E-state index is 13.5. The number of aliphatic hydroxyl groups is 1. The molecule has 1 amide bonds. The van der Waals surface area contributed by atoms with Gasteiger partial charge >= 0.3 is 0 Å². The summed E-state index contributed by atoms with van der Waals surface area (Å²) in [6.07, 6.45) is 3.21. The Bertz CT molecular complexity index is 1100. The first-order valence-electron chi connectivity index (χ1n) is 8.95. The van der Waals surface area contributed by atoms with E-state index in [2.05, 4.69) is 4.98 Å². The molecule has 1 aliphatic heterocycles. The van der Waals surface area contributed by atoms with Gasteiger partial charge in [0, 0.05) is 18.9 Å². The second-order valence-corrected chi connectivity index (χ2v) is 6.75. The van der Waals surface area contributed by atoms with Gasteiger partial charge in [0.15, 0.2) is 11.5 Å². The van der Waals surface area contributed by atoms with Gasteiger partial charge in [-0.1, -0.05) is 18.2 Å². The van der Waals surface area contributed by atoms with Gasteiger partial charge in [-0.15, -0.1) is 0 Å². The maximum absolute atomic E-state index is 13.5. The molecule has 2 aromatic heterocycles. The van der Waals surface area contributed by atoms with Gasteiger partial charge in [-0.25, -0.2) is 4.39 Å². The van der Waals surface area contributed by atoms with E-state index in [1.54, 1.807) is 37.5 Å². The highest BCUT2D eigenvalue weighted by Gasteiger charge is 2.44. The normalized spacial score (nSPS) is 16.6. The van der Waals surface area contributed by atoms with Gasteiger partial charge in [-0.3, -0.25) is 14.6 Å². The van der Waals surface area contributed by atoms with Crippen LogP contribution < -0.4 is 0 Å². The van der Waals surface area contributed by atoms with E-state index in [1.807, 2.05) is 0 Å². The summed E-state index contributed by atoms with van der Waals surface area (Å²) in [5, 5.41) is 10.6. The number of aromatic nitrogens is 1. The van der Waals surface area contributed by atoms with Gasteiger partial charge in [-0.2, -0.15) is 0 Å². The minimum absolute atomic E-state index is 0.0205. The number of nitrogens with zero attached hydrogens (tertiary/aromatic N) is 2. The molecule has 0 bridgehead atoms. The summed E-state index contributed by atoms with van der Waals surface area (Å²) < 4.78 is 18.9. The number of furan rings is 1. The molecule has 6 nitrogen and oxygen atoms in total. The summed E-state index contributed by atoms with van der Waals surface area (Å²) in [4.78, 5) is 31.3. The predicted octanol–water partition coefficient (Wildman–Crippen LogP) is 3.90. The fraction of sp³-hybridized carbons (Fsp3) is 0.136. The number of hydrogen-bond acceptors (Lipinski definition) is 5. The fourth-order valence-electron chi connectivity index (χ4n) is 3.42. The van der Waals surface area contributed by atoms with Crippen LogP contribution in [0.4, 0.5) is 4.39 Å². The molecule has 1 aromatic carbocycles. The molecule has 3 aromatic rings. The molecule has 29 heavy (non-hydrogen) atoms. The highest BCUT2D eigenvalue weighted by molar-refractivity contribution is 6.15. The van der Waals surface area contributed by atoms with Gasteiger partial charge in [0.05, 0.1) is 11.6 Å². The summed E-state index contributed by atoms with van der Waals surface area (Å²) in [5.74, 6) is -1.81. The summed E-state index contributed by atoms with van der Waals surface area (Å²) >= 11 is 0. The van der Waals surface area contributed by atoms with E-state index >= 15 is 0 Å². The average Bonchev–Trinajstić information content (AvgIpc) is 3.26. The Morgan fingerprint density at radius 2 is 1.97 bits per heavy atom. The topological polar surface area (TPSA) is 83.6 Å². The van der Waals surface area contributed by atoms with Crippen LogP contribution in [0.3, 0.4) is 0 Å². The summed E-state index contributed by atoms with van der Waals surface area (Å²) in [7, 11) is 0. The number of aliphatic hydroxyl groups excluding tert-OH is 1. The molecule has 1 atom stereocenters. The zero-order valence-corrected chi connectivity index (χ0v) is 15.5. The Balaban J connectivity index is 1.79. The van der Waals surface area contributed by atoms with E-state index in [0.29, 0.717) is 11.3 Å². The first kappa shape index (κ1) is 18.6. The molecule has 0 aliphatic carbocycles. The van der Waals surface area contributed by atoms with Crippen molar-refractivity contribution in [2.24, 2.45) is 0 Å². The number of aryl methyl sites for hydroxylation is 1. The number of benzene rings is 1.